The summed E-state index contributed by atoms with van der Waals surface area (Å²) in [5.74, 6) is 2.12. The Morgan fingerprint density at radius 2 is 2.00 bits per heavy atom. The Morgan fingerprint density at radius 1 is 1.40 bits per heavy atom. The second-order valence-corrected chi connectivity index (χ2v) is 5.93. The highest BCUT2D eigenvalue weighted by molar-refractivity contribution is 5.79. The molecule has 0 saturated carbocycles. The van der Waals surface area contributed by atoms with E-state index in [9.17, 15) is 0 Å². The Labute approximate surface area is 94.1 Å². The standard InChI is InChI=1S/C13H25NO/c1-9(2)7-10(3)12-14-13(5,6)8-11(4)15-12/h9-11H,7-8H2,1-6H3. The second kappa shape index (κ2) is 4.54. The van der Waals surface area contributed by atoms with E-state index in [2.05, 4.69) is 41.5 Å². The van der Waals surface area contributed by atoms with Gasteiger partial charge in [-0.3, -0.25) is 0 Å². The van der Waals surface area contributed by atoms with Crippen molar-refractivity contribution in [3.63, 3.8) is 0 Å². The third kappa shape index (κ3) is 3.84. The zero-order chi connectivity index (χ0) is 11.6. The monoisotopic (exact) mass is 211 g/mol. The van der Waals surface area contributed by atoms with Crippen LogP contribution in [0.2, 0.25) is 0 Å². The third-order valence-corrected chi connectivity index (χ3v) is 2.77. The van der Waals surface area contributed by atoms with Crippen molar-refractivity contribution in [1.82, 2.24) is 0 Å². The number of hydrogen-bond acceptors (Lipinski definition) is 2. The van der Waals surface area contributed by atoms with Gasteiger partial charge in [0.15, 0.2) is 5.90 Å². The topological polar surface area (TPSA) is 21.6 Å². The highest BCUT2D eigenvalue weighted by atomic mass is 16.5. The summed E-state index contributed by atoms with van der Waals surface area (Å²) < 4.78 is 5.83. The van der Waals surface area contributed by atoms with Crippen LogP contribution < -0.4 is 0 Å². The predicted octanol–water partition coefficient (Wildman–Crippen LogP) is 3.65. The van der Waals surface area contributed by atoms with Crippen LogP contribution in [0.25, 0.3) is 0 Å². The first kappa shape index (κ1) is 12.5. The maximum Gasteiger partial charge on any atom is 0.186 e. The van der Waals surface area contributed by atoms with Crippen LogP contribution in [0.15, 0.2) is 4.99 Å². The first-order valence-electron chi connectivity index (χ1n) is 6.06. The van der Waals surface area contributed by atoms with Crippen molar-refractivity contribution in [2.24, 2.45) is 16.8 Å². The molecule has 2 nitrogen and oxygen atoms in total. The Kier molecular flexibility index (Phi) is 3.80. The summed E-state index contributed by atoms with van der Waals surface area (Å²) in [5, 5.41) is 0. The lowest BCUT2D eigenvalue weighted by atomic mass is 9.93. The van der Waals surface area contributed by atoms with E-state index in [1.54, 1.807) is 0 Å². The quantitative estimate of drug-likeness (QED) is 0.698. The lowest BCUT2D eigenvalue weighted by Gasteiger charge is -2.34. The molecule has 0 aromatic rings. The molecule has 1 aliphatic heterocycles. The molecule has 1 rings (SSSR count). The summed E-state index contributed by atoms with van der Waals surface area (Å²) in [7, 11) is 0. The number of ether oxygens (including phenoxy) is 1. The Morgan fingerprint density at radius 3 is 2.47 bits per heavy atom. The SMILES string of the molecule is CC(C)CC(C)C1=NC(C)(C)CC(C)O1. The van der Waals surface area contributed by atoms with Gasteiger partial charge >= 0.3 is 0 Å². The molecule has 0 radical (unpaired) electrons. The Hall–Kier alpha value is -0.530. The smallest absolute Gasteiger partial charge is 0.186 e. The minimum absolute atomic E-state index is 0.0538. The zero-order valence-corrected chi connectivity index (χ0v) is 11.0. The molecule has 0 saturated heterocycles. The predicted molar refractivity (Wildman–Crippen MR) is 65.3 cm³/mol. The van der Waals surface area contributed by atoms with Gasteiger partial charge in [-0.05, 0) is 33.1 Å². The van der Waals surface area contributed by atoms with Crippen LogP contribution in [0.5, 0.6) is 0 Å². The fraction of sp³-hybridized carbons (Fsp3) is 0.923. The molecule has 1 aliphatic rings. The number of rotatable bonds is 3. The average Bonchev–Trinajstić information content (AvgIpc) is 1.98. The molecule has 0 fully saturated rings. The minimum atomic E-state index is 0.0538. The molecule has 2 heteroatoms. The van der Waals surface area contributed by atoms with E-state index < -0.39 is 0 Å². The van der Waals surface area contributed by atoms with Gasteiger partial charge in [0.2, 0.25) is 0 Å². The van der Waals surface area contributed by atoms with E-state index in [0.29, 0.717) is 17.9 Å². The summed E-state index contributed by atoms with van der Waals surface area (Å²) in [4.78, 5) is 4.71. The van der Waals surface area contributed by atoms with Crippen molar-refractivity contribution in [2.45, 2.75) is 66.0 Å². The first-order valence-corrected chi connectivity index (χ1v) is 6.06. The van der Waals surface area contributed by atoms with Gasteiger partial charge in [-0.25, -0.2) is 4.99 Å². The van der Waals surface area contributed by atoms with Crippen molar-refractivity contribution in [2.75, 3.05) is 0 Å². The number of aliphatic imine (C=N–C) groups is 1. The maximum absolute atomic E-state index is 5.83. The summed E-state index contributed by atoms with van der Waals surface area (Å²) in [6.07, 6.45) is 2.48. The first-order chi connectivity index (χ1) is 6.80. The van der Waals surface area contributed by atoms with Crippen LogP contribution in [0.4, 0.5) is 0 Å². The van der Waals surface area contributed by atoms with E-state index in [0.717, 1.165) is 18.7 Å². The van der Waals surface area contributed by atoms with Crippen LogP contribution in [0.3, 0.4) is 0 Å². The summed E-state index contributed by atoms with van der Waals surface area (Å²) in [6.45, 7) is 13.2. The molecule has 0 aromatic carbocycles. The number of nitrogens with zero attached hydrogens (tertiary/aromatic N) is 1. The Balaban J connectivity index is 2.71. The summed E-state index contributed by atoms with van der Waals surface area (Å²) >= 11 is 0. The van der Waals surface area contributed by atoms with Crippen LogP contribution in [0.1, 0.15) is 54.4 Å². The van der Waals surface area contributed by atoms with Gasteiger partial charge in [0, 0.05) is 12.3 Å². The summed E-state index contributed by atoms with van der Waals surface area (Å²) in [5.41, 5.74) is 0.0538. The van der Waals surface area contributed by atoms with E-state index >= 15 is 0 Å². The van der Waals surface area contributed by atoms with Gasteiger partial charge in [0.1, 0.15) is 0 Å². The van der Waals surface area contributed by atoms with Crippen LogP contribution in [-0.4, -0.2) is 17.5 Å². The molecule has 0 N–H and O–H groups in total. The molecule has 15 heavy (non-hydrogen) atoms. The molecule has 0 aliphatic carbocycles. The van der Waals surface area contributed by atoms with E-state index in [1.165, 1.54) is 0 Å². The molecule has 2 unspecified atom stereocenters. The largest absolute Gasteiger partial charge is 0.478 e. The minimum Gasteiger partial charge on any atom is -0.478 e. The van der Waals surface area contributed by atoms with Gasteiger partial charge < -0.3 is 4.74 Å². The number of hydrogen-bond donors (Lipinski definition) is 0. The van der Waals surface area contributed by atoms with Crippen molar-refractivity contribution in [3.05, 3.63) is 0 Å². The lowest BCUT2D eigenvalue weighted by Crippen LogP contribution is -2.36. The molecule has 1 heterocycles. The lowest BCUT2D eigenvalue weighted by molar-refractivity contribution is 0.130. The molecule has 2 atom stereocenters. The van der Waals surface area contributed by atoms with Gasteiger partial charge in [-0.15, -0.1) is 0 Å². The van der Waals surface area contributed by atoms with Crippen LogP contribution in [0, 0.1) is 11.8 Å². The molecule has 0 amide bonds. The molecule has 0 bridgehead atoms. The summed E-state index contributed by atoms with van der Waals surface area (Å²) in [6, 6.07) is 0. The highest BCUT2D eigenvalue weighted by Gasteiger charge is 2.30. The molecule has 88 valence electrons. The molecular formula is C13H25NO. The fourth-order valence-electron chi connectivity index (χ4n) is 2.36. The van der Waals surface area contributed by atoms with Crippen molar-refractivity contribution < 1.29 is 4.74 Å². The van der Waals surface area contributed by atoms with Gasteiger partial charge in [-0.2, -0.15) is 0 Å². The van der Waals surface area contributed by atoms with Crippen LogP contribution in [-0.2, 0) is 4.74 Å². The van der Waals surface area contributed by atoms with E-state index in [1.807, 2.05) is 0 Å². The molecule has 0 spiro atoms. The fourth-order valence-corrected chi connectivity index (χ4v) is 2.36. The average molecular weight is 211 g/mol. The second-order valence-electron chi connectivity index (χ2n) is 5.93. The molecule has 0 aromatic heterocycles. The Bertz CT molecular complexity index is 243. The van der Waals surface area contributed by atoms with Gasteiger partial charge in [0.05, 0.1) is 11.6 Å². The normalized spacial score (nSPS) is 27.1. The van der Waals surface area contributed by atoms with Crippen molar-refractivity contribution >= 4 is 5.90 Å². The van der Waals surface area contributed by atoms with E-state index in [4.69, 9.17) is 9.73 Å². The van der Waals surface area contributed by atoms with Gasteiger partial charge in [0.25, 0.3) is 0 Å². The van der Waals surface area contributed by atoms with Crippen LogP contribution >= 0.6 is 0 Å². The van der Waals surface area contributed by atoms with Gasteiger partial charge in [-0.1, -0.05) is 20.8 Å². The van der Waals surface area contributed by atoms with E-state index in [-0.39, 0.29) is 5.54 Å². The zero-order valence-electron chi connectivity index (χ0n) is 11.0. The highest BCUT2D eigenvalue weighted by Crippen LogP contribution is 2.27. The molecular weight excluding hydrogens is 186 g/mol. The maximum atomic E-state index is 5.83. The van der Waals surface area contributed by atoms with Crippen molar-refractivity contribution in [1.29, 1.82) is 0 Å². The van der Waals surface area contributed by atoms with Crippen molar-refractivity contribution in [3.8, 4) is 0 Å². The third-order valence-electron chi connectivity index (χ3n) is 2.77.